The van der Waals surface area contributed by atoms with E-state index in [9.17, 15) is 0 Å². The number of hydrogen-bond donors (Lipinski definition) is 1. The fourth-order valence-electron chi connectivity index (χ4n) is 10.1. The van der Waals surface area contributed by atoms with E-state index in [0.717, 1.165) is 82.9 Å². The Bertz CT molecular complexity index is 3580. The molecular weight excluding hydrogens is 731 g/mol. The van der Waals surface area contributed by atoms with Crippen LogP contribution in [-0.4, -0.2) is 7.28 Å². The molecule has 11 aromatic rings. The molecule has 281 valence electrons. The molecule has 9 aromatic carbocycles. The maximum Gasteiger partial charge on any atom is 0.198 e. The summed E-state index contributed by atoms with van der Waals surface area (Å²) in [6, 6.07) is 63.1. The lowest BCUT2D eigenvalue weighted by molar-refractivity contribution is 0.632. The summed E-state index contributed by atoms with van der Waals surface area (Å²) in [5, 5.41) is 10.6. The van der Waals surface area contributed by atoms with Crippen molar-refractivity contribution in [2.45, 2.75) is 19.3 Å². The van der Waals surface area contributed by atoms with E-state index in [0.29, 0.717) is 0 Å². The first kappa shape index (κ1) is 33.5. The lowest BCUT2D eigenvalue weighted by Crippen LogP contribution is -2.45. The predicted octanol–water partition coefficient (Wildman–Crippen LogP) is 13.8. The van der Waals surface area contributed by atoms with Crippen molar-refractivity contribution in [2.24, 2.45) is 0 Å². The van der Waals surface area contributed by atoms with Crippen molar-refractivity contribution in [3.05, 3.63) is 187 Å². The SMILES string of the molecule is CC1(C)c2ccccc2N2c3cc4c(oc5ccccc54)c(-c4cc5oc6cc7ccccc7cc6c5cc4Nc4ccc(-c5ccccc5)cc4)c3[B]c3cccc1c32. The second-order valence-corrected chi connectivity index (χ2v) is 16.8. The van der Waals surface area contributed by atoms with Gasteiger partial charge >= 0.3 is 0 Å². The van der Waals surface area contributed by atoms with Crippen LogP contribution >= 0.6 is 0 Å². The van der Waals surface area contributed by atoms with Crippen LogP contribution in [0.1, 0.15) is 25.0 Å². The Morgan fingerprint density at radius 2 is 1.22 bits per heavy atom. The molecule has 0 amide bonds. The van der Waals surface area contributed by atoms with E-state index in [4.69, 9.17) is 8.83 Å². The van der Waals surface area contributed by atoms with Crippen LogP contribution in [0.2, 0.25) is 0 Å². The van der Waals surface area contributed by atoms with Gasteiger partial charge in [0.25, 0.3) is 0 Å². The summed E-state index contributed by atoms with van der Waals surface area (Å²) in [6.07, 6.45) is 0. The number of hydrogen-bond acceptors (Lipinski definition) is 4. The van der Waals surface area contributed by atoms with Crippen LogP contribution in [0.15, 0.2) is 185 Å². The van der Waals surface area contributed by atoms with Crippen molar-refractivity contribution >= 4 is 101 Å². The number of nitrogens with zero attached hydrogens (tertiary/aromatic N) is 1. The van der Waals surface area contributed by atoms with Crippen molar-refractivity contribution in [3.63, 3.8) is 0 Å². The maximum atomic E-state index is 7.00. The molecule has 0 spiro atoms. The molecule has 0 aliphatic carbocycles. The molecule has 2 aliphatic heterocycles. The predicted molar refractivity (Wildman–Crippen MR) is 251 cm³/mol. The van der Waals surface area contributed by atoms with Crippen LogP contribution in [0.5, 0.6) is 0 Å². The number of anilines is 5. The van der Waals surface area contributed by atoms with Crippen molar-refractivity contribution in [1.29, 1.82) is 0 Å². The average molecular weight is 768 g/mol. The molecule has 2 aliphatic rings. The molecule has 0 atom stereocenters. The molecule has 4 nitrogen and oxygen atoms in total. The van der Waals surface area contributed by atoms with Crippen molar-refractivity contribution < 1.29 is 8.83 Å². The van der Waals surface area contributed by atoms with Gasteiger partial charge in [0.05, 0.1) is 5.69 Å². The third kappa shape index (κ3) is 4.75. The quantitative estimate of drug-likeness (QED) is 0.181. The van der Waals surface area contributed by atoms with E-state index in [-0.39, 0.29) is 5.41 Å². The monoisotopic (exact) mass is 767 g/mol. The Kier molecular flexibility index (Phi) is 6.84. The van der Waals surface area contributed by atoms with Crippen LogP contribution in [0.3, 0.4) is 0 Å². The fraction of sp³-hybridized carbons (Fsp3) is 0.0545. The first-order chi connectivity index (χ1) is 29.5. The van der Waals surface area contributed by atoms with Crippen LogP contribution < -0.4 is 21.1 Å². The molecular formula is C55H36BN2O2. The van der Waals surface area contributed by atoms with Gasteiger partial charge in [-0.2, -0.15) is 0 Å². The lowest BCUT2D eigenvalue weighted by Gasteiger charge is -2.46. The molecule has 0 unspecified atom stereocenters. The third-order valence-electron chi connectivity index (χ3n) is 13.0. The molecule has 4 heterocycles. The van der Waals surface area contributed by atoms with Gasteiger partial charge in [0.1, 0.15) is 22.3 Å². The molecule has 13 rings (SSSR count). The Hall–Kier alpha value is -7.50. The zero-order valence-corrected chi connectivity index (χ0v) is 33.1. The molecule has 0 bridgehead atoms. The lowest BCUT2D eigenvalue weighted by atomic mass is 9.55. The van der Waals surface area contributed by atoms with Gasteiger partial charge in [-0.1, -0.05) is 141 Å². The van der Waals surface area contributed by atoms with Gasteiger partial charge in [-0.05, 0) is 93.1 Å². The minimum absolute atomic E-state index is 0.177. The van der Waals surface area contributed by atoms with Gasteiger partial charge in [0, 0.05) is 60.8 Å². The number of benzene rings is 9. The van der Waals surface area contributed by atoms with E-state index < -0.39 is 0 Å². The number of nitrogens with one attached hydrogen (secondary N) is 1. The fourth-order valence-corrected chi connectivity index (χ4v) is 10.1. The van der Waals surface area contributed by atoms with Gasteiger partial charge in [-0.25, -0.2) is 0 Å². The molecule has 0 saturated heterocycles. The number of rotatable bonds is 4. The first-order valence-corrected chi connectivity index (χ1v) is 20.7. The van der Waals surface area contributed by atoms with Crippen LogP contribution in [0.4, 0.5) is 28.4 Å². The summed E-state index contributed by atoms with van der Waals surface area (Å²) in [4.78, 5) is 2.51. The van der Waals surface area contributed by atoms with Crippen LogP contribution in [0.25, 0.3) is 76.9 Å². The average Bonchev–Trinajstić information content (AvgIpc) is 3.83. The summed E-state index contributed by atoms with van der Waals surface area (Å²) in [6.45, 7) is 4.70. The molecule has 0 fully saturated rings. The molecule has 0 saturated carbocycles. The minimum Gasteiger partial charge on any atom is -0.456 e. The second kappa shape index (κ2) is 12.3. The van der Waals surface area contributed by atoms with E-state index >= 15 is 0 Å². The third-order valence-corrected chi connectivity index (χ3v) is 13.0. The Labute approximate surface area is 347 Å². The molecule has 2 aromatic heterocycles. The van der Waals surface area contributed by atoms with E-state index in [2.05, 4.69) is 207 Å². The topological polar surface area (TPSA) is 41.6 Å². The highest BCUT2D eigenvalue weighted by molar-refractivity contribution is 6.74. The highest BCUT2D eigenvalue weighted by atomic mass is 16.3. The standard InChI is InChI=1S/C55H36BN2O2/c1-55(2)42-18-9-10-21-46(42)58-47-30-40-37-17-8-11-22-48(37)60-54(40)51(52(47)56-44-20-12-19-43(55)53(44)58)41-31-50-39(38-27-34-15-6-7-16-35(34)28-49(38)59-50)29-45(41)57-36-25-23-33(24-26-36)32-13-4-3-5-14-32/h3-31,57H,1-2H3. The summed E-state index contributed by atoms with van der Waals surface area (Å²) >= 11 is 0. The van der Waals surface area contributed by atoms with Gasteiger partial charge in [-0.15, -0.1) is 0 Å². The normalized spacial score (nSPS) is 13.7. The summed E-state index contributed by atoms with van der Waals surface area (Å²) in [7, 11) is 2.38. The number of fused-ring (bicyclic) bond motifs is 11. The van der Waals surface area contributed by atoms with Crippen molar-refractivity contribution in [2.75, 3.05) is 10.2 Å². The molecule has 1 N–H and O–H groups in total. The van der Waals surface area contributed by atoms with E-state index in [1.807, 2.05) is 0 Å². The zero-order valence-electron chi connectivity index (χ0n) is 33.1. The van der Waals surface area contributed by atoms with Crippen LogP contribution in [-0.2, 0) is 5.41 Å². The summed E-state index contributed by atoms with van der Waals surface area (Å²) in [5.74, 6) is 0. The second-order valence-electron chi connectivity index (χ2n) is 16.8. The minimum atomic E-state index is -0.177. The zero-order chi connectivity index (χ0) is 39.7. The van der Waals surface area contributed by atoms with Crippen molar-refractivity contribution in [1.82, 2.24) is 0 Å². The van der Waals surface area contributed by atoms with E-state index in [1.165, 1.54) is 44.5 Å². The summed E-state index contributed by atoms with van der Waals surface area (Å²) in [5.41, 5.74) is 18.0. The van der Waals surface area contributed by atoms with Crippen LogP contribution in [0, 0.1) is 0 Å². The maximum absolute atomic E-state index is 7.00. The van der Waals surface area contributed by atoms with Crippen molar-refractivity contribution in [3.8, 4) is 22.3 Å². The Morgan fingerprint density at radius 1 is 0.517 bits per heavy atom. The summed E-state index contributed by atoms with van der Waals surface area (Å²) < 4.78 is 13.8. The number of furan rings is 2. The van der Waals surface area contributed by atoms with Gasteiger partial charge in [0.2, 0.25) is 0 Å². The highest BCUT2D eigenvalue weighted by Crippen LogP contribution is 2.54. The molecule has 1 radical (unpaired) electrons. The largest absolute Gasteiger partial charge is 0.456 e. The number of para-hydroxylation sites is 3. The van der Waals surface area contributed by atoms with Gasteiger partial charge < -0.3 is 19.1 Å². The molecule has 5 heteroatoms. The van der Waals surface area contributed by atoms with Gasteiger partial charge in [-0.3, -0.25) is 0 Å². The van der Waals surface area contributed by atoms with Gasteiger partial charge in [0.15, 0.2) is 7.28 Å². The Morgan fingerprint density at radius 3 is 2.08 bits per heavy atom. The molecule has 60 heavy (non-hydrogen) atoms. The van der Waals surface area contributed by atoms with E-state index in [1.54, 1.807) is 0 Å². The smallest absolute Gasteiger partial charge is 0.198 e. The highest BCUT2D eigenvalue weighted by Gasteiger charge is 2.41. The first-order valence-electron chi connectivity index (χ1n) is 20.7. The Balaban J connectivity index is 1.11.